The van der Waals surface area contributed by atoms with Crippen LogP contribution in [0.15, 0.2) is 24.3 Å². The third kappa shape index (κ3) is 5.43. The van der Waals surface area contributed by atoms with Crippen LogP contribution in [-0.4, -0.2) is 43.5 Å². The molecule has 2 saturated heterocycles. The number of anilines is 1. The topological polar surface area (TPSA) is 44.4 Å². The molecule has 0 radical (unpaired) electrons. The third-order valence-corrected chi connectivity index (χ3v) is 5.03. The van der Waals surface area contributed by atoms with E-state index in [9.17, 15) is 9.18 Å². The molecule has 2 aliphatic heterocycles. The molecule has 0 bridgehead atoms. The zero-order valence-electron chi connectivity index (χ0n) is 14.0. The smallest absolute Gasteiger partial charge is 0.227 e. The Morgan fingerprint density at radius 1 is 1.21 bits per heavy atom. The highest BCUT2D eigenvalue weighted by molar-refractivity contribution is 5.92. The molecule has 134 valence electrons. The summed E-state index contributed by atoms with van der Waals surface area (Å²) in [7, 11) is 0. The summed E-state index contributed by atoms with van der Waals surface area (Å²) in [6.07, 6.45) is 4.32. The van der Waals surface area contributed by atoms with Crippen molar-refractivity contribution in [2.45, 2.75) is 25.7 Å². The van der Waals surface area contributed by atoms with Crippen LogP contribution in [0.5, 0.6) is 0 Å². The molecule has 0 spiro atoms. The minimum absolute atomic E-state index is 0. The van der Waals surface area contributed by atoms with Gasteiger partial charge in [0.05, 0.1) is 0 Å². The molecule has 2 fully saturated rings. The van der Waals surface area contributed by atoms with Gasteiger partial charge >= 0.3 is 0 Å². The summed E-state index contributed by atoms with van der Waals surface area (Å²) in [6.45, 7) is 5.42. The Bertz CT molecular complexity index is 529. The van der Waals surface area contributed by atoms with Gasteiger partial charge in [-0.3, -0.25) is 4.79 Å². The molecule has 2 aliphatic rings. The number of rotatable bonds is 4. The molecular weight excluding hydrogens is 329 g/mol. The molecule has 0 unspecified atom stereocenters. The summed E-state index contributed by atoms with van der Waals surface area (Å²) < 4.78 is 13.2. The number of halogens is 2. The predicted octanol–water partition coefficient (Wildman–Crippen LogP) is 2.90. The highest BCUT2D eigenvalue weighted by Crippen LogP contribution is 2.22. The number of nitrogens with zero attached hydrogens (tertiary/aromatic N) is 1. The maximum Gasteiger partial charge on any atom is 0.227 e. The van der Waals surface area contributed by atoms with Crippen LogP contribution in [-0.2, 0) is 4.79 Å². The number of likely N-dealkylation sites (tertiary alicyclic amines) is 1. The third-order valence-electron chi connectivity index (χ3n) is 5.03. The van der Waals surface area contributed by atoms with E-state index in [4.69, 9.17) is 0 Å². The van der Waals surface area contributed by atoms with Crippen molar-refractivity contribution in [3.05, 3.63) is 30.1 Å². The molecule has 0 aliphatic carbocycles. The van der Waals surface area contributed by atoms with E-state index in [0.29, 0.717) is 5.69 Å². The maximum absolute atomic E-state index is 13.2. The van der Waals surface area contributed by atoms with Crippen LogP contribution in [0.1, 0.15) is 25.7 Å². The Morgan fingerprint density at radius 3 is 2.58 bits per heavy atom. The lowest BCUT2D eigenvalue weighted by molar-refractivity contribution is -0.121. The van der Waals surface area contributed by atoms with Crippen molar-refractivity contribution < 1.29 is 9.18 Å². The van der Waals surface area contributed by atoms with Crippen LogP contribution >= 0.6 is 12.4 Å². The van der Waals surface area contributed by atoms with Gasteiger partial charge < -0.3 is 15.5 Å². The summed E-state index contributed by atoms with van der Waals surface area (Å²) >= 11 is 0. The van der Waals surface area contributed by atoms with Crippen LogP contribution in [0.25, 0.3) is 0 Å². The van der Waals surface area contributed by atoms with Crippen LogP contribution in [0.4, 0.5) is 10.1 Å². The summed E-state index contributed by atoms with van der Waals surface area (Å²) in [5.74, 6) is 0.549. The zero-order chi connectivity index (χ0) is 16.1. The van der Waals surface area contributed by atoms with Gasteiger partial charge in [-0.25, -0.2) is 4.39 Å². The van der Waals surface area contributed by atoms with Crippen LogP contribution in [0, 0.1) is 17.7 Å². The molecule has 3 rings (SSSR count). The molecule has 4 nitrogen and oxygen atoms in total. The number of nitrogens with one attached hydrogen (secondary N) is 2. The van der Waals surface area contributed by atoms with E-state index in [-0.39, 0.29) is 30.0 Å². The minimum Gasteiger partial charge on any atom is -0.326 e. The van der Waals surface area contributed by atoms with Crippen molar-refractivity contribution in [3.63, 3.8) is 0 Å². The molecule has 0 saturated carbocycles. The van der Waals surface area contributed by atoms with Gasteiger partial charge in [-0.05, 0) is 76.0 Å². The molecule has 1 aromatic rings. The van der Waals surface area contributed by atoms with Crippen LogP contribution in [0.2, 0.25) is 0 Å². The van der Waals surface area contributed by atoms with E-state index >= 15 is 0 Å². The first-order valence-electron chi connectivity index (χ1n) is 8.70. The van der Waals surface area contributed by atoms with E-state index in [0.717, 1.165) is 44.9 Å². The standard InChI is InChI=1S/C18H26FN3O.ClH/c19-16-2-1-3-17(12-16)21-18(23)15-6-10-22(11-7-15)13-14-4-8-20-9-5-14;/h1-3,12,14-15,20H,4-11,13H2,(H,21,23);1H. The van der Waals surface area contributed by atoms with Gasteiger partial charge in [0.2, 0.25) is 5.91 Å². The largest absolute Gasteiger partial charge is 0.326 e. The lowest BCUT2D eigenvalue weighted by Crippen LogP contribution is -2.42. The highest BCUT2D eigenvalue weighted by Gasteiger charge is 2.26. The molecule has 2 heterocycles. The highest BCUT2D eigenvalue weighted by atomic mass is 35.5. The molecule has 1 amide bonds. The van der Waals surface area contributed by atoms with Crippen molar-refractivity contribution in [1.29, 1.82) is 0 Å². The average molecular weight is 356 g/mol. The lowest BCUT2D eigenvalue weighted by atomic mass is 9.93. The van der Waals surface area contributed by atoms with Gasteiger partial charge in [-0.15, -0.1) is 12.4 Å². The second kappa shape index (κ2) is 9.35. The predicted molar refractivity (Wildman–Crippen MR) is 97.0 cm³/mol. The molecule has 2 N–H and O–H groups in total. The summed E-state index contributed by atoms with van der Waals surface area (Å²) in [5.41, 5.74) is 0.548. The Morgan fingerprint density at radius 2 is 1.92 bits per heavy atom. The lowest BCUT2D eigenvalue weighted by Gasteiger charge is -2.35. The quantitative estimate of drug-likeness (QED) is 0.872. The average Bonchev–Trinajstić information content (AvgIpc) is 2.56. The number of hydrogen-bond acceptors (Lipinski definition) is 3. The van der Waals surface area contributed by atoms with E-state index in [1.807, 2.05) is 0 Å². The number of amides is 1. The van der Waals surface area contributed by atoms with E-state index < -0.39 is 0 Å². The molecule has 24 heavy (non-hydrogen) atoms. The first-order chi connectivity index (χ1) is 11.2. The number of carbonyl (C=O) groups excluding carboxylic acids is 1. The fraction of sp³-hybridized carbons (Fsp3) is 0.611. The van der Waals surface area contributed by atoms with Gasteiger partial charge in [0.1, 0.15) is 5.82 Å². The Kier molecular flexibility index (Phi) is 7.46. The first kappa shape index (κ1) is 19.2. The summed E-state index contributed by atoms with van der Waals surface area (Å²) in [6, 6.07) is 6.10. The molecule has 0 aromatic heterocycles. The van der Waals surface area contributed by atoms with Crippen molar-refractivity contribution in [1.82, 2.24) is 10.2 Å². The van der Waals surface area contributed by atoms with Gasteiger partial charge in [0.15, 0.2) is 0 Å². The second-order valence-corrected chi connectivity index (χ2v) is 6.77. The molecular formula is C18H27ClFN3O. The minimum atomic E-state index is -0.320. The van der Waals surface area contributed by atoms with Crippen LogP contribution in [0.3, 0.4) is 0 Å². The van der Waals surface area contributed by atoms with Crippen LogP contribution < -0.4 is 10.6 Å². The van der Waals surface area contributed by atoms with Crippen molar-refractivity contribution in [2.24, 2.45) is 11.8 Å². The van der Waals surface area contributed by atoms with Gasteiger partial charge in [-0.1, -0.05) is 6.07 Å². The van der Waals surface area contributed by atoms with E-state index in [1.165, 1.54) is 31.5 Å². The maximum atomic E-state index is 13.2. The Hall–Kier alpha value is -1.17. The molecule has 6 heteroatoms. The molecule has 0 atom stereocenters. The fourth-order valence-electron chi connectivity index (χ4n) is 3.62. The number of benzene rings is 1. The van der Waals surface area contributed by atoms with Gasteiger partial charge in [0, 0.05) is 18.2 Å². The normalized spacial score (nSPS) is 20.4. The summed E-state index contributed by atoms with van der Waals surface area (Å²) in [5, 5.41) is 6.25. The van der Waals surface area contributed by atoms with Gasteiger partial charge in [-0.2, -0.15) is 0 Å². The SMILES string of the molecule is Cl.O=C(Nc1cccc(F)c1)C1CCN(CC2CCNCC2)CC1. The first-order valence-corrected chi connectivity index (χ1v) is 8.70. The van der Waals surface area contributed by atoms with Crippen molar-refractivity contribution in [2.75, 3.05) is 38.0 Å². The van der Waals surface area contributed by atoms with E-state index in [1.54, 1.807) is 12.1 Å². The van der Waals surface area contributed by atoms with Crippen molar-refractivity contribution in [3.8, 4) is 0 Å². The number of hydrogen-bond donors (Lipinski definition) is 2. The Labute approximate surface area is 149 Å². The Balaban J connectivity index is 0.00000208. The van der Waals surface area contributed by atoms with Gasteiger partial charge in [0.25, 0.3) is 0 Å². The van der Waals surface area contributed by atoms with E-state index in [2.05, 4.69) is 15.5 Å². The summed E-state index contributed by atoms with van der Waals surface area (Å²) in [4.78, 5) is 14.8. The molecule has 1 aromatic carbocycles. The number of piperidine rings is 2. The second-order valence-electron chi connectivity index (χ2n) is 6.77. The number of carbonyl (C=O) groups is 1. The zero-order valence-corrected chi connectivity index (χ0v) is 14.8. The monoisotopic (exact) mass is 355 g/mol. The fourth-order valence-corrected chi connectivity index (χ4v) is 3.62. The van der Waals surface area contributed by atoms with Crippen molar-refractivity contribution >= 4 is 24.0 Å².